The van der Waals surface area contributed by atoms with Gasteiger partial charge in [0.05, 0.1) is 6.61 Å². The minimum absolute atomic E-state index is 0.189. The molecule has 1 N–H and O–H groups in total. The summed E-state index contributed by atoms with van der Waals surface area (Å²) in [7, 11) is 0. The molecule has 1 aliphatic rings. The van der Waals surface area contributed by atoms with Crippen LogP contribution in [0.25, 0.3) is 0 Å². The van der Waals surface area contributed by atoms with Crippen LogP contribution in [0, 0.1) is 0 Å². The van der Waals surface area contributed by atoms with Crippen molar-refractivity contribution in [2.75, 3.05) is 18.7 Å². The highest BCUT2D eigenvalue weighted by atomic mass is 16.7. The van der Waals surface area contributed by atoms with Gasteiger partial charge in [-0.2, -0.15) is 0 Å². The Balaban J connectivity index is 1.53. The third-order valence-electron chi connectivity index (χ3n) is 5.18. The van der Waals surface area contributed by atoms with E-state index < -0.39 is 0 Å². The van der Waals surface area contributed by atoms with Gasteiger partial charge in [-0.15, -0.1) is 0 Å². The number of carbonyl (C=O) groups excluding carboxylic acids is 1. The lowest BCUT2D eigenvalue weighted by molar-refractivity contribution is 0.102. The van der Waals surface area contributed by atoms with E-state index in [0.29, 0.717) is 47.6 Å². The molecular weight excluding hydrogens is 406 g/mol. The number of fused-ring (bicyclic) bond motifs is 1. The van der Waals surface area contributed by atoms with Crippen molar-refractivity contribution in [3.8, 4) is 23.0 Å². The van der Waals surface area contributed by atoms with E-state index >= 15 is 0 Å². The first-order valence-electron chi connectivity index (χ1n) is 10.7. The van der Waals surface area contributed by atoms with Crippen LogP contribution in [-0.2, 0) is 6.61 Å². The van der Waals surface area contributed by atoms with Crippen LogP contribution >= 0.6 is 0 Å². The third-order valence-corrected chi connectivity index (χ3v) is 5.18. The van der Waals surface area contributed by atoms with Gasteiger partial charge in [-0.3, -0.25) is 4.79 Å². The molecule has 0 atom stereocenters. The van der Waals surface area contributed by atoms with Gasteiger partial charge in [0.1, 0.15) is 18.1 Å². The maximum absolute atomic E-state index is 12.9. The molecule has 0 unspecified atom stereocenters. The Labute approximate surface area is 188 Å². The molecule has 6 heteroatoms. The number of nitrogens with one attached hydrogen (secondary N) is 1. The van der Waals surface area contributed by atoms with Crippen molar-refractivity contribution in [2.24, 2.45) is 0 Å². The molecule has 0 spiro atoms. The van der Waals surface area contributed by atoms with Crippen molar-refractivity contribution in [2.45, 2.75) is 33.3 Å². The fourth-order valence-electron chi connectivity index (χ4n) is 3.55. The van der Waals surface area contributed by atoms with E-state index in [1.807, 2.05) is 37.3 Å². The molecule has 32 heavy (non-hydrogen) atoms. The van der Waals surface area contributed by atoms with Gasteiger partial charge in [0, 0.05) is 22.9 Å². The van der Waals surface area contributed by atoms with E-state index in [2.05, 4.69) is 25.2 Å². The molecular formula is C26H27NO5. The summed E-state index contributed by atoms with van der Waals surface area (Å²) in [5.41, 5.74) is 3.10. The first-order chi connectivity index (χ1) is 15.5. The van der Waals surface area contributed by atoms with E-state index in [4.69, 9.17) is 18.9 Å². The standard InChI is InChI=1S/C26H27NO5/c1-4-29-22-11-9-18(26(28)27-20-10-12-24-25(14-20)32-16-31-24)13-19(22)15-30-23-8-6-5-7-21(23)17(2)3/h5-14,17H,4,15-16H2,1-3H3,(H,27,28). The Hall–Kier alpha value is -3.67. The summed E-state index contributed by atoms with van der Waals surface area (Å²) in [5.74, 6) is 2.94. The topological polar surface area (TPSA) is 66.0 Å². The number of anilines is 1. The predicted octanol–water partition coefficient (Wildman–Crippen LogP) is 5.77. The Morgan fingerprint density at radius 2 is 1.78 bits per heavy atom. The fraction of sp³-hybridized carbons (Fsp3) is 0.269. The molecule has 0 saturated heterocycles. The Bertz CT molecular complexity index is 1110. The van der Waals surface area contributed by atoms with Crippen molar-refractivity contribution in [3.63, 3.8) is 0 Å². The molecule has 166 valence electrons. The maximum Gasteiger partial charge on any atom is 0.255 e. The lowest BCUT2D eigenvalue weighted by atomic mass is 10.0. The summed E-state index contributed by atoms with van der Waals surface area (Å²) < 4.78 is 22.6. The molecule has 1 aliphatic heterocycles. The zero-order chi connectivity index (χ0) is 22.5. The monoisotopic (exact) mass is 433 g/mol. The van der Waals surface area contributed by atoms with Crippen LogP contribution < -0.4 is 24.3 Å². The number of para-hydroxylation sites is 1. The van der Waals surface area contributed by atoms with Gasteiger partial charge < -0.3 is 24.3 Å². The second kappa shape index (κ2) is 9.64. The quantitative estimate of drug-likeness (QED) is 0.489. The molecule has 0 saturated carbocycles. The van der Waals surface area contributed by atoms with Gasteiger partial charge >= 0.3 is 0 Å². The average Bonchev–Trinajstić information content (AvgIpc) is 3.26. The van der Waals surface area contributed by atoms with Crippen LogP contribution in [0.4, 0.5) is 5.69 Å². The molecule has 0 radical (unpaired) electrons. The number of rotatable bonds is 8. The van der Waals surface area contributed by atoms with Crippen LogP contribution in [0.3, 0.4) is 0 Å². The summed E-state index contributed by atoms with van der Waals surface area (Å²) in [6.07, 6.45) is 0. The molecule has 0 aliphatic carbocycles. The summed E-state index contributed by atoms with van der Waals surface area (Å²) in [4.78, 5) is 12.9. The van der Waals surface area contributed by atoms with Gasteiger partial charge in [0.25, 0.3) is 5.91 Å². The highest BCUT2D eigenvalue weighted by Crippen LogP contribution is 2.34. The van der Waals surface area contributed by atoms with Crippen LogP contribution in [0.2, 0.25) is 0 Å². The molecule has 3 aromatic carbocycles. The van der Waals surface area contributed by atoms with Crippen molar-refractivity contribution >= 4 is 11.6 Å². The fourth-order valence-corrected chi connectivity index (χ4v) is 3.55. The predicted molar refractivity (Wildman–Crippen MR) is 123 cm³/mol. The second-order valence-corrected chi connectivity index (χ2v) is 7.76. The van der Waals surface area contributed by atoms with Crippen molar-refractivity contribution in [3.05, 3.63) is 77.4 Å². The maximum atomic E-state index is 12.9. The van der Waals surface area contributed by atoms with E-state index in [1.165, 1.54) is 0 Å². The average molecular weight is 434 g/mol. The minimum atomic E-state index is -0.226. The van der Waals surface area contributed by atoms with Crippen molar-refractivity contribution < 1.29 is 23.7 Å². The molecule has 0 bridgehead atoms. The van der Waals surface area contributed by atoms with Crippen LogP contribution in [0.15, 0.2) is 60.7 Å². The Morgan fingerprint density at radius 1 is 0.969 bits per heavy atom. The highest BCUT2D eigenvalue weighted by Gasteiger charge is 2.16. The SMILES string of the molecule is CCOc1ccc(C(=O)Nc2ccc3c(c2)OCO3)cc1COc1ccccc1C(C)C. The number of ether oxygens (including phenoxy) is 4. The van der Waals surface area contributed by atoms with Gasteiger partial charge in [-0.25, -0.2) is 0 Å². The number of benzene rings is 3. The zero-order valence-corrected chi connectivity index (χ0v) is 18.5. The smallest absolute Gasteiger partial charge is 0.255 e. The van der Waals surface area contributed by atoms with Crippen molar-refractivity contribution in [1.82, 2.24) is 0 Å². The number of hydrogen-bond acceptors (Lipinski definition) is 5. The number of amides is 1. The van der Waals surface area contributed by atoms with Crippen LogP contribution in [0.1, 0.15) is 48.2 Å². The third kappa shape index (κ3) is 4.80. The molecule has 0 fully saturated rings. The Kier molecular flexibility index (Phi) is 6.50. The van der Waals surface area contributed by atoms with E-state index in [9.17, 15) is 4.79 Å². The van der Waals surface area contributed by atoms with Crippen LogP contribution in [-0.4, -0.2) is 19.3 Å². The highest BCUT2D eigenvalue weighted by molar-refractivity contribution is 6.04. The zero-order valence-electron chi connectivity index (χ0n) is 18.5. The van der Waals surface area contributed by atoms with E-state index in [1.54, 1.807) is 24.3 Å². The molecule has 0 aromatic heterocycles. The largest absolute Gasteiger partial charge is 0.493 e. The van der Waals surface area contributed by atoms with Crippen LogP contribution in [0.5, 0.6) is 23.0 Å². The van der Waals surface area contributed by atoms with E-state index in [-0.39, 0.29) is 12.7 Å². The molecule has 1 amide bonds. The Morgan fingerprint density at radius 3 is 2.59 bits per heavy atom. The number of carbonyl (C=O) groups is 1. The normalized spacial score (nSPS) is 12.0. The summed E-state index contributed by atoms with van der Waals surface area (Å²) >= 11 is 0. The van der Waals surface area contributed by atoms with Gasteiger partial charge in [-0.05, 0) is 54.8 Å². The molecule has 6 nitrogen and oxygen atoms in total. The first kappa shape index (κ1) is 21.6. The molecule has 4 rings (SSSR count). The summed E-state index contributed by atoms with van der Waals surface area (Å²) in [6, 6.07) is 18.7. The number of hydrogen-bond donors (Lipinski definition) is 1. The first-order valence-corrected chi connectivity index (χ1v) is 10.7. The minimum Gasteiger partial charge on any atom is -0.493 e. The second-order valence-electron chi connectivity index (χ2n) is 7.76. The van der Waals surface area contributed by atoms with Gasteiger partial charge in [0.15, 0.2) is 11.5 Å². The van der Waals surface area contributed by atoms with Gasteiger partial charge in [0.2, 0.25) is 6.79 Å². The van der Waals surface area contributed by atoms with E-state index in [0.717, 1.165) is 16.9 Å². The molecule has 1 heterocycles. The summed E-state index contributed by atoms with van der Waals surface area (Å²) in [5, 5.41) is 2.91. The van der Waals surface area contributed by atoms with Crippen molar-refractivity contribution in [1.29, 1.82) is 0 Å². The van der Waals surface area contributed by atoms with Gasteiger partial charge in [-0.1, -0.05) is 32.0 Å². The lowest BCUT2D eigenvalue weighted by Crippen LogP contribution is -2.13. The molecule has 3 aromatic rings. The summed E-state index contributed by atoms with van der Waals surface area (Å²) in [6.45, 7) is 7.21. The lowest BCUT2D eigenvalue weighted by Gasteiger charge is -2.16.